The maximum absolute atomic E-state index is 5.42. The van der Waals surface area contributed by atoms with Gasteiger partial charge in [-0.1, -0.05) is 0 Å². The lowest BCUT2D eigenvalue weighted by Gasteiger charge is -2.26. The number of nitrogens with one attached hydrogen (secondary N) is 2. The molecule has 0 aliphatic carbocycles. The molecule has 0 unspecified atom stereocenters. The molecule has 0 aromatic rings. The highest BCUT2D eigenvalue weighted by atomic mass is 15.0. The molecule has 3 heteroatoms. The molecule has 0 spiro atoms. The van der Waals surface area contributed by atoms with Crippen molar-refractivity contribution >= 4 is 0 Å². The fourth-order valence-electron chi connectivity index (χ4n) is 1.22. The van der Waals surface area contributed by atoms with E-state index >= 15 is 0 Å². The lowest BCUT2D eigenvalue weighted by atomic mass is 10.0. The normalized spacial score (nSPS) is 12.0. The molecule has 0 atom stereocenters. The lowest BCUT2D eigenvalue weighted by molar-refractivity contribution is 0.356. The standard InChI is InChI=1S/C10H25N3/c1-10(2,6-9-12-3)13-8-5-4-7-11/h12-13H,4-9,11H2,1-3H3. The summed E-state index contributed by atoms with van der Waals surface area (Å²) in [6.45, 7) is 7.43. The van der Waals surface area contributed by atoms with E-state index in [0.717, 1.165) is 32.5 Å². The van der Waals surface area contributed by atoms with Crippen molar-refractivity contribution < 1.29 is 0 Å². The Morgan fingerprint density at radius 3 is 2.38 bits per heavy atom. The van der Waals surface area contributed by atoms with E-state index in [2.05, 4.69) is 24.5 Å². The second kappa shape index (κ2) is 7.30. The highest BCUT2D eigenvalue weighted by molar-refractivity contribution is 4.77. The molecule has 0 saturated heterocycles. The molecular weight excluding hydrogens is 162 g/mol. The van der Waals surface area contributed by atoms with Crippen molar-refractivity contribution in [2.75, 3.05) is 26.7 Å². The van der Waals surface area contributed by atoms with Crippen molar-refractivity contribution in [2.45, 2.75) is 38.6 Å². The van der Waals surface area contributed by atoms with Gasteiger partial charge in [0.05, 0.1) is 0 Å². The first-order valence-corrected chi connectivity index (χ1v) is 5.22. The van der Waals surface area contributed by atoms with Crippen molar-refractivity contribution in [2.24, 2.45) is 5.73 Å². The van der Waals surface area contributed by atoms with Crippen LogP contribution < -0.4 is 16.4 Å². The van der Waals surface area contributed by atoms with Gasteiger partial charge >= 0.3 is 0 Å². The first kappa shape index (κ1) is 12.9. The molecule has 0 rings (SSSR count). The molecule has 0 aliphatic rings. The van der Waals surface area contributed by atoms with Gasteiger partial charge in [0.1, 0.15) is 0 Å². The summed E-state index contributed by atoms with van der Waals surface area (Å²) < 4.78 is 0. The molecule has 0 heterocycles. The number of hydrogen-bond donors (Lipinski definition) is 3. The van der Waals surface area contributed by atoms with E-state index in [-0.39, 0.29) is 5.54 Å². The third-order valence-electron chi connectivity index (χ3n) is 2.23. The van der Waals surface area contributed by atoms with Gasteiger partial charge in [-0.15, -0.1) is 0 Å². The smallest absolute Gasteiger partial charge is 0.0137 e. The van der Waals surface area contributed by atoms with Crippen molar-refractivity contribution in [3.63, 3.8) is 0 Å². The molecule has 0 fully saturated rings. The second-order valence-electron chi connectivity index (χ2n) is 4.16. The maximum atomic E-state index is 5.42. The Kier molecular flexibility index (Phi) is 7.23. The van der Waals surface area contributed by atoms with Crippen LogP contribution in [0.3, 0.4) is 0 Å². The molecule has 0 aliphatic heterocycles. The molecule has 80 valence electrons. The summed E-state index contributed by atoms with van der Waals surface area (Å²) in [5, 5.41) is 6.70. The molecular formula is C10H25N3. The third-order valence-corrected chi connectivity index (χ3v) is 2.23. The largest absolute Gasteiger partial charge is 0.330 e. The van der Waals surface area contributed by atoms with Gasteiger partial charge in [0, 0.05) is 5.54 Å². The van der Waals surface area contributed by atoms with E-state index in [0.29, 0.717) is 0 Å². The molecule has 0 saturated carbocycles. The fraction of sp³-hybridized carbons (Fsp3) is 1.00. The minimum atomic E-state index is 0.248. The summed E-state index contributed by atoms with van der Waals surface area (Å²) in [7, 11) is 1.99. The summed E-state index contributed by atoms with van der Waals surface area (Å²) in [6, 6.07) is 0. The zero-order valence-corrected chi connectivity index (χ0v) is 9.32. The number of unbranched alkanes of at least 4 members (excludes halogenated alkanes) is 1. The maximum Gasteiger partial charge on any atom is 0.0137 e. The Labute approximate surface area is 82.5 Å². The molecule has 3 nitrogen and oxygen atoms in total. The van der Waals surface area contributed by atoms with Crippen LogP contribution in [0.15, 0.2) is 0 Å². The van der Waals surface area contributed by atoms with Gasteiger partial charge in [-0.25, -0.2) is 0 Å². The van der Waals surface area contributed by atoms with Gasteiger partial charge in [0.15, 0.2) is 0 Å². The Bertz CT molecular complexity index is 113. The third kappa shape index (κ3) is 8.22. The average molecular weight is 187 g/mol. The lowest BCUT2D eigenvalue weighted by Crippen LogP contribution is -2.41. The van der Waals surface area contributed by atoms with Gasteiger partial charge in [0.2, 0.25) is 0 Å². The fourth-order valence-corrected chi connectivity index (χ4v) is 1.22. The molecule has 0 radical (unpaired) electrons. The van der Waals surface area contributed by atoms with Crippen LogP contribution in [-0.2, 0) is 0 Å². The summed E-state index contributed by atoms with van der Waals surface area (Å²) >= 11 is 0. The van der Waals surface area contributed by atoms with Gasteiger partial charge in [-0.2, -0.15) is 0 Å². The Hall–Kier alpha value is -0.120. The van der Waals surface area contributed by atoms with E-state index in [1.54, 1.807) is 0 Å². The SMILES string of the molecule is CNCCC(C)(C)NCCCCN. The summed E-state index contributed by atoms with van der Waals surface area (Å²) in [5.41, 5.74) is 5.67. The van der Waals surface area contributed by atoms with Crippen LogP contribution in [0.4, 0.5) is 0 Å². The van der Waals surface area contributed by atoms with Crippen LogP contribution >= 0.6 is 0 Å². The van der Waals surface area contributed by atoms with Crippen molar-refractivity contribution in [1.29, 1.82) is 0 Å². The summed E-state index contributed by atoms with van der Waals surface area (Å²) in [4.78, 5) is 0. The van der Waals surface area contributed by atoms with Gasteiger partial charge in [0.25, 0.3) is 0 Å². The van der Waals surface area contributed by atoms with Crippen molar-refractivity contribution in [3.05, 3.63) is 0 Å². The Morgan fingerprint density at radius 2 is 1.85 bits per heavy atom. The first-order valence-electron chi connectivity index (χ1n) is 5.22. The number of rotatable bonds is 8. The molecule has 0 aromatic carbocycles. The Balaban J connectivity index is 3.39. The first-order chi connectivity index (χ1) is 6.12. The van der Waals surface area contributed by atoms with Crippen LogP contribution in [0.1, 0.15) is 33.1 Å². The van der Waals surface area contributed by atoms with Gasteiger partial charge in [-0.05, 0) is 59.8 Å². The zero-order chi connectivity index (χ0) is 10.2. The van der Waals surface area contributed by atoms with Crippen LogP contribution in [0.5, 0.6) is 0 Å². The summed E-state index contributed by atoms with van der Waals surface area (Å²) in [6.07, 6.45) is 3.46. The van der Waals surface area contributed by atoms with Crippen molar-refractivity contribution in [1.82, 2.24) is 10.6 Å². The highest BCUT2D eigenvalue weighted by Crippen LogP contribution is 2.06. The van der Waals surface area contributed by atoms with Crippen LogP contribution in [-0.4, -0.2) is 32.2 Å². The van der Waals surface area contributed by atoms with Gasteiger partial charge < -0.3 is 16.4 Å². The number of nitrogens with two attached hydrogens (primary N) is 1. The minimum absolute atomic E-state index is 0.248. The predicted octanol–water partition coefficient (Wildman–Crippen LogP) is 0.703. The predicted molar refractivity (Wildman–Crippen MR) is 58.9 cm³/mol. The monoisotopic (exact) mass is 187 g/mol. The molecule has 0 amide bonds. The van der Waals surface area contributed by atoms with Gasteiger partial charge in [-0.3, -0.25) is 0 Å². The van der Waals surface area contributed by atoms with E-state index in [1.807, 2.05) is 7.05 Å². The van der Waals surface area contributed by atoms with E-state index in [1.165, 1.54) is 6.42 Å². The highest BCUT2D eigenvalue weighted by Gasteiger charge is 2.14. The van der Waals surface area contributed by atoms with Crippen LogP contribution in [0, 0.1) is 0 Å². The Morgan fingerprint density at radius 1 is 1.15 bits per heavy atom. The van der Waals surface area contributed by atoms with Crippen molar-refractivity contribution in [3.8, 4) is 0 Å². The van der Waals surface area contributed by atoms with Crippen LogP contribution in [0.2, 0.25) is 0 Å². The molecule has 0 aromatic heterocycles. The van der Waals surface area contributed by atoms with Crippen LogP contribution in [0.25, 0.3) is 0 Å². The van der Waals surface area contributed by atoms with E-state index in [9.17, 15) is 0 Å². The number of hydrogen-bond acceptors (Lipinski definition) is 3. The average Bonchev–Trinajstić information content (AvgIpc) is 2.09. The molecule has 13 heavy (non-hydrogen) atoms. The quantitative estimate of drug-likeness (QED) is 0.490. The minimum Gasteiger partial charge on any atom is -0.330 e. The van der Waals surface area contributed by atoms with E-state index < -0.39 is 0 Å². The molecule has 4 N–H and O–H groups in total. The van der Waals surface area contributed by atoms with E-state index in [4.69, 9.17) is 5.73 Å². The topological polar surface area (TPSA) is 50.1 Å². The molecule has 0 bridgehead atoms. The summed E-state index contributed by atoms with van der Waals surface area (Å²) in [5.74, 6) is 0. The second-order valence-corrected chi connectivity index (χ2v) is 4.16. The zero-order valence-electron chi connectivity index (χ0n) is 9.32.